The van der Waals surface area contributed by atoms with E-state index in [4.69, 9.17) is 0 Å². The molecular weight excluding hydrogens is 375 g/mol. The summed E-state index contributed by atoms with van der Waals surface area (Å²) in [5.74, 6) is 0. The van der Waals surface area contributed by atoms with Gasteiger partial charge < -0.3 is 4.40 Å². The Morgan fingerprint density at radius 3 is 1.97 bits per heavy atom. The van der Waals surface area contributed by atoms with E-state index in [1.54, 1.807) is 13.8 Å². The quantitative estimate of drug-likeness (QED) is 0.385. The molecule has 0 N–H and O–H groups in total. The number of hydrogen-bond acceptors (Lipinski definition) is 2. The summed E-state index contributed by atoms with van der Waals surface area (Å²) in [6, 6.07) is 19.9. The summed E-state index contributed by atoms with van der Waals surface area (Å²) in [6.07, 6.45) is -3.41. The Morgan fingerprint density at radius 1 is 0.897 bits per heavy atom. The second kappa shape index (κ2) is 7.20. The molecule has 0 saturated heterocycles. The minimum absolute atomic E-state index is 0.179. The lowest BCUT2D eigenvalue weighted by Crippen LogP contribution is -2.08. The third kappa shape index (κ3) is 3.66. The molecule has 6 heteroatoms. The predicted molar refractivity (Wildman–Crippen MR) is 108 cm³/mol. The zero-order valence-corrected chi connectivity index (χ0v) is 15.9. The highest BCUT2D eigenvalue weighted by Gasteiger charge is 2.32. The molecule has 146 valence electrons. The van der Waals surface area contributed by atoms with E-state index in [0.717, 1.165) is 23.4 Å². The Morgan fingerprint density at radius 2 is 1.45 bits per heavy atom. The highest BCUT2D eigenvalue weighted by Crippen LogP contribution is 2.34. The second-order valence-corrected chi connectivity index (χ2v) is 6.78. The summed E-state index contributed by atoms with van der Waals surface area (Å²) < 4.78 is 42.1. The molecule has 4 aromatic rings. The second-order valence-electron chi connectivity index (χ2n) is 6.78. The Kier molecular flexibility index (Phi) is 4.70. The number of hydrogen-bond donors (Lipinski definition) is 0. The number of aryl methyl sites for hydroxylation is 2. The fourth-order valence-corrected chi connectivity index (χ4v) is 3.20. The van der Waals surface area contributed by atoms with Gasteiger partial charge in [0.1, 0.15) is 5.69 Å². The molecule has 0 unspecified atom stereocenters. The summed E-state index contributed by atoms with van der Waals surface area (Å²) >= 11 is 0. The number of imidazole rings is 1. The van der Waals surface area contributed by atoms with E-state index in [0.29, 0.717) is 22.7 Å². The van der Waals surface area contributed by atoms with Crippen molar-refractivity contribution in [3.05, 3.63) is 101 Å². The number of aliphatic imine (C=N–C) groups is 1. The van der Waals surface area contributed by atoms with Crippen LogP contribution in [0.25, 0.3) is 5.65 Å². The first-order valence-electron chi connectivity index (χ1n) is 9.10. The number of nitrogens with zero attached hydrogens (tertiary/aromatic N) is 3. The first-order chi connectivity index (χ1) is 13.8. The van der Waals surface area contributed by atoms with Gasteiger partial charge in [-0.15, -0.1) is 0 Å². The Labute approximate surface area is 166 Å². The maximum absolute atomic E-state index is 13.5. The molecule has 0 amide bonds. The van der Waals surface area contributed by atoms with E-state index >= 15 is 0 Å². The monoisotopic (exact) mass is 393 g/mol. The molecular formula is C23H18F3N3. The molecule has 0 saturated carbocycles. The number of halogens is 3. The van der Waals surface area contributed by atoms with Crippen LogP contribution in [0.4, 0.5) is 18.9 Å². The lowest BCUT2D eigenvalue weighted by Gasteiger charge is -2.12. The third-order valence-electron chi connectivity index (χ3n) is 4.83. The summed E-state index contributed by atoms with van der Waals surface area (Å²) in [6.45, 7) is 3.52. The molecule has 0 spiro atoms. The van der Waals surface area contributed by atoms with Crippen LogP contribution in [-0.2, 0) is 6.18 Å². The molecule has 2 aromatic heterocycles. The van der Waals surface area contributed by atoms with Crippen molar-refractivity contribution in [2.24, 2.45) is 4.99 Å². The van der Waals surface area contributed by atoms with Gasteiger partial charge in [0.15, 0.2) is 5.65 Å². The van der Waals surface area contributed by atoms with Gasteiger partial charge in [-0.3, -0.25) is 0 Å². The molecule has 0 aliphatic carbocycles. The highest BCUT2D eigenvalue weighted by molar-refractivity contribution is 6.14. The van der Waals surface area contributed by atoms with Crippen LogP contribution in [0.15, 0.2) is 77.9 Å². The van der Waals surface area contributed by atoms with Crippen LogP contribution >= 0.6 is 0 Å². The van der Waals surface area contributed by atoms with Crippen molar-refractivity contribution in [1.29, 1.82) is 0 Å². The summed E-state index contributed by atoms with van der Waals surface area (Å²) in [5, 5.41) is 0. The summed E-state index contributed by atoms with van der Waals surface area (Å²) in [5.41, 5.74) is 3.36. The number of alkyl halides is 3. The van der Waals surface area contributed by atoms with Crippen molar-refractivity contribution >= 4 is 17.0 Å². The van der Waals surface area contributed by atoms with Crippen molar-refractivity contribution in [3.63, 3.8) is 0 Å². The number of fused-ring (bicyclic) bond motifs is 1. The number of benzene rings is 2. The molecule has 2 heterocycles. The minimum atomic E-state index is -4.48. The van der Waals surface area contributed by atoms with Gasteiger partial charge in [-0.05, 0) is 19.9 Å². The van der Waals surface area contributed by atoms with Gasteiger partial charge in [-0.1, -0.05) is 60.7 Å². The molecule has 0 aliphatic rings. The molecule has 0 atom stereocenters. The molecule has 0 radical (unpaired) electrons. The number of rotatable bonds is 3. The predicted octanol–water partition coefficient (Wildman–Crippen LogP) is 6.14. The van der Waals surface area contributed by atoms with Crippen molar-refractivity contribution in [3.8, 4) is 0 Å². The van der Waals surface area contributed by atoms with Gasteiger partial charge >= 0.3 is 6.18 Å². The van der Waals surface area contributed by atoms with Gasteiger partial charge in [-0.2, -0.15) is 13.2 Å². The largest absolute Gasteiger partial charge is 0.417 e. The van der Waals surface area contributed by atoms with Crippen molar-refractivity contribution in [2.45, 2.75) is 20.0 Å². The summed E-state index contributed by atoms with van der Waals surface area (Å²) in [7, 11) is 0. The molecule has 3 nitrogen and oxygen atoms in total. The molecule has 0 bridgehead atoms. The Hall–Kier alpha value is -3.41. The van der Waals surface area contributed by atoms with Crippen LogP contribution < -0.4 is 0 Å². The molecule has 29 heavy (non-hydrogen) atoms. The maximum atomic E-state index is 13.5. The van der Waals surface area contributed by atoms with Crippen molar-refractivity contribution in [2.75, 3.05) is 0 Å². The van der Waals surface area contributed by atoms with E-state index in [1.807, 2.05) is 60.7 Å². The van der Waals surface area contributed by atoms with Gasteiger partial charge in [-0.25, -0.2) is 9.98 Å². The van der Waals surface area contributed by atoms with Crippen molar-refractivity contribution in [1.82, 2.24) is 9.38 Å². The lowest BCUT2D eigenvalue weighted by atomic mass is 10.0. The zero-order valence-electron chi connectivity index (χ0n) is 15.9. The van der Waals surface area contributed by atoms with Crippen LogP contribution in [0.3, 0.4) is 0 Å². The normalized spacial score (nSPS) is 11.6. The van der Waals surface area contributed by atoms with Gasteiger partial charge in [0, 0.05) is 23.0 Å². The smallest absolute Gasteiger partial charge is 0.302 e. The first kappa shape index (κ1) is 18.9. The fraction of sp³-hybridized carbons (Fsp3) is 0.130. The average molecular weight is 393 g/mol. The van der Waals surface area contributed by atoms with Gasteiger partial charge in [0.2, 0.25) is 0 Å². The van der Waals surface area contributed by atoms with Gasteiger partial charge in [0.05, 0.1) is 17.0 Å². The lowest BCUT2D eigenvalue weighted by molar-refractivity contribution is -0.137. The maximum Gasteiger partial charge on any atom is 0.417 e. The molecule has 0 aliphatic heterocycles. The average Bonchev–Trinajstić information content (AvgIpc) is 3.01. The van der Waals surface area contributed by atoms with Crippen LogP contribution in [0.5, 0.6) is 0 Å². The van der Waals surface area contributed by atoms with E-state index in [2.05, 4.69) is 9.98 Å². The van der Waals surface area contributed by atoms with Crippen LogP contribution in [0, 0.1) is 13.8 Å². The third-order valence-corrected chi connectivity index (χ3v) is 4.83. The Bertz CT molecular complexity index is 1150. The number of aromatic nitrogens is 2. The first-order valence-corrected chi connectivity index (χ1v) is 9.10. The van der Waals surface area contributed by atoms with E-state index in [9.17, 15) is 13.2 Å². The van der Waals surface area contributed by atoms with E-state index in [1.165, 1.54) is 4.40 Å². The van der Waals surface area contributed by atoms with Crippen molar-refractivity contribution < 1.29 is 13.2 Å². The molecule has 2 aromatic carbocycles. The van der Waals surface area contributed by atoms with E-state index < -0.39 is 11.7 Å². The Balaban J connectivity index is 2.03. The zero-order chi connectivity index (χ0) is 20.6. The number of pyridine rings is 1. The molecule has 4 rings (SSSR count). The standard InChI is InChI=1S/C23H18F3N3/c1-15-16(2)29-14-19(23(24,25)26)13-20(22(29)27-15)28-21(17-9-5-3-6-10-17)18-11-7-4-8-12-18/h3-14H,1-2H3. The molecule has 0 fully saturated rings. The van der Waals surface area contributed by atoms with Crippen LogP contribution in [-0.4, -0.2) is 15.1 Å². The van der Waals surface area contributed by atoms with Crippen LogP contribution in [0.1, 0.15) is 28.1 Å². The fourth-order valence-electron chi connectivity index (χ4n) is 3.20. The topological polar surface area (TPSA) is 29.7 Å². The summed E-state index contributed by atoms with van der Waals surface area (Å²) in [4.78, 5) is 9.15. The highest BCUT2D eigenvalue weighted by atomic mass is 19.4. The minimum Gasteiger partial charge on any atom is -0.302 e. The SMILES string of the molecule is Cc1nc2c(N=C(c3ccccc3)c3ccccc3)cc(C(F)(F)F)cn2c1C. The van der Waals surface area contributed by atoms with E-state index in [-0.39, 0.29) is 5.69 Å². The van der Waals surface area contributed by atoms with Gasteiger partial charge in [0.25, 0.3) is 0 Å². The van der Waals surface area contributed by atoms with Crippen LogP contribution in [0.2, 0.25) is 0 Å².